The third-order valence-corrected chi connectivity index (χ3v) is 5.31. The van der Waals surface area contributed by atoms with Crippen LogP contribution in [0.15, 0.2) is 18.2 Å². The predicted molar refractivity (Wildman–Crippen MR) is 95.2 cm³/mol. The molecule has 0 spiro atoms. The number of piperidine rings is 1. The van der Waals surface area contributed by atoms with Crippen molar-refractivity contribution in [3.63, 3.8) is 0 Å². The van der Waals surface area contributed by atoms with E-state index in [-0.39, 0.29) is 5.92 Å². The molecular weight excluding hydrogens is 310 g/mol. The third kappa shape index (κ3) is 3.81. The second-order valence-electron chi connectivity index (χ2n) is 6.84. The van der Waals surface area contributed by atoms with E-state index < -0.39 is 0 Å². The first kappa shape index (κ1) is 16.6. The van der Waals surface area contributed by atoms with Crippen molar-refractivity contribution in [2.24, 2.45) is 5.92 Å². The number of anilines is 1. The molecule has 126 valence electrons. The zero-order valence-electron chi connectivity index (χ0n) is 14.1. The van der Waals surface area contributed by atoms with Gasteiger partial charge in [0.2, 0.25) is 5.91 Å². The van der Waals surface area contributed by atoms with Crippen LogP contribution in [0.5, 0.6) is 0 Å². The molecule has 2 heterocycles. The van der Waals surface area contributed by atoms with Gasteiger partial charge in [-0.25, -0.2) is 0 Å². The molecule has 0 aliphatic carbocycles. The number of benzene rings is 1. The summed E-state index contributed by atoms with van der Waals surface area (Å²) in [6.07, 6.45) is 2.17. The molecule has 0 saturated carbocycles. The van der Waals surface area contributed by atoms with Crippen molar-refractivity contribution in [2.45, 2.75) is 19.8 Å². The molecule has 1 aromatic carbocycles. The monoisotopic (exact) mass is 335 g/mol. The van der Waals surface area contributed by atoms with Gasteiger partial charge in [0.15, 0.2) is 0 Å². The highest BCUT2D eigenvalue weighted by Gasteiger charge is 2.30. The molecular formula is C18H26ClN3O. The molecule has 0 bridgehead atoms. The molecule has 0 N–H and O–H groups in total. The highest BCUT2D eigenvalue weighted by molar-refractivity contribution is 6.30. The molecule has 1 amide bonds. The van der Waals surface area contributed by atoms with Crippen LogP contribution in [0.1, 0.15) is 18.4 Å². The minimum atomic E-state index is 0.188. The lowest BCUT2D eigenvalue weighted by atomic mass is 9.96. The molecule has 1 atom stereocenters. The van der Waals surface area contributed by atoms with E-state index in [4.69, 9.17) is 11.6 Å². The number of hydrogen-bond donors (Lipinski definition) is 0. The largest absolute Gasteiger partial charge is 0.368 e. The van der Waals surface area contributed by atoms with Gasteiger partial charge < -0.3 is 14.7 Å². The molecule has 2 fully saturated rings. The van der Waals surface area contributed by atoms with Crippen molar-refractivity contribution >= 4 is 23.2 Å². The van der Waals surface area contributed by atoms with Crippen molar-refractivity contribution < 1.29 is 4.79 Å². The van der Waals surface area contributed by atoms with Crippen LogP contribution in [0.2, 0.25) is 5.02 Å². The zero-order valence-corrected chi connectivity index (χ0v) is 14.9. The Labute approximate surface area is 144 Å². The zero-order chi connectivity index (χ0) is 16.4. The van der Waals surface area contributed by atoms with Gasteiger partial charge in [0.1, 0.15) is 0 Å². The number of carbonyl (C=O) groups is 1. The number of hydrogen-bond acceptors (Lipinski definition) is 3. The second kappa shape index (κ2) is 7.10. The number of aryl methyl sites for hydroxylation is 1. The Morgan fingerprint density at radius 1 is 1.17 bits per heavy atom. The summed E-state index contributed by atoms with van der Waals surface area (Å²) in [6, 6.07) is 6.03. The van der Waals surface area contributed by atoms with Crippen molar-refractivity contribution in [1.82, 2.24) is 9.80 Å². The van der Waals surface area contributed by atoms with Crippen LogP contribution < -0.4 is 4.90 Å². The van der Waals surface area contributed by atoms with Gasteiger partial charge in [0.05, 0.1) is 5.92 Å². The average Bonchev–Trinajstić information content (AvgIpc) is 2.56. The van der Waals surface area contributed by atoms with Gasteiger partial charge in [0, 0.05) is 43.4 Å². The first-order chi connectivity index (χ1) is 11.0. The minimum Gasteiger partial charge on any atom is -0.368 e. The van der Waals surface area contributed by atoms with E-state index in [0.29, 0.717) is 5.91 Å². The SMILES string of the molecule is Cc1ccc(Cl)cc1N1CCN(C(=O)[C@H]2CCCN(C)C2)CC1. The summed E-state index contributed by atoms with van der Waals surface area (Å²) in [6.45, 7) is 7.53. The number of carbonyl (C=O) groups excluding carboxylic acids is 1. The standard InChI is InChI=1S/C18H26ClN3O/c1-14-5-6-16(19)12-17(14)21-8-10-22(11-9-21)18(23)15-4-3-7-20(2)13-15/h5-6,12,15H,3-4,7-11,13H2,1-2H3/t15-/m0/s1. The van der Waals surface area contributed by atoms with Gasteiger partial charge in [-0.3, -0.25) is 4.79 Å². The minimum absolute atomic E-state index is 0.188. The maximum absolute atomic E-state index is 12.7. The Morgan fingerprint density at radius 2 is 1.91 bits per heavy atom. The van der Waals surface area contributed by atoms with Crippen LogP contribution in [-0.2, 0) is 4.79 Å². The molecule has 2 aliphatic heterocycles. The lowest BCUT2D eigenvalue weighted by Gasteiger charge is -2.39. The van der Waals surface area contributed by atoms with Crippen LogP contribution in [0.25, 0.3) is 0 Å². The van der Waals surface area contributed by atoms with E-state index >= 15 is 0 Å². The molecule has 0 aromatic heterocycles. The summed E-state index contributed by atoms with van der Waals surface area (Å²) >= 11 is 6.13. The van der Waals surface area contributed by atoms with E-state index in [2.05, 4.69) is 34.7 Å². The van der Waals surface area contributed by atoms with E-state index in [1.807, 2.05) is 12.1 Å². The summed E-state index contributed by atoms with van der Waals surface area (Å²) < 4.78 is 0. The Morgan fingerprint density at radius 3 is 2.61 bits per heavy atom. The fraction of sp³-hybridized carbons (Fsp3) is 0.611. The van der Waals surface area contributed by atoms with E-state index in [9.17, 15) is 4.79 Å². The van der Waals surface area contributed by atoms with E-state index in [0.717, 1.165) is 57.1 Å². The Kier molecular flexibility index (Phi) is 5.12. The summed E-state index contributed by atoms with van der Waals surface area (Å²) in [5.41, 5.74) is 2.44. The maximum atomic E-state index is 12.7. The fourth-order valence-electron chi connectivity index (χ4n) is 3.72. The van der Waals surface area contributed by atoms with Gasteiger partial charge >= 0.3 is 0 Å². The number of amides is 1. The fourth-order valence-corrected chi connectivity index (χ4v) is 3.88. The highest BCUT2D eigenvalue weighted by atomic mass is 35.5. The molecule has 23 heavy (non-hydrogen) atoms. The van der Waals surface area contributed by atoms with Gasteiger partial charge in [-0.1, -0.05) is 17.7 Å². The Balaban J connectivity index is 1.59. The summed E-state index contributed by atoms with van der Waals surface area (Å²) in [4.78, 5) is 19.4. The summed E-state index contributed by atoms with van der Waals surface area (Å²) in [7, 11) is 2.11. The van der Waals surface area contributed by atoms with Gasteiger partial charge in [-0.05, 0) is 51.1 Å². The second-order valence-corrected chi connectivity index (χ2v) is 7.28. The molecule has 4 nitrogen and oxygen atoms in total. The molecule has 1 aromatic rings. The molecule has 3 rings (SSSR count). The van der Waals surface area contributed by atoms with Crippen LogP contribution >= 0.6 is 11.6 Å². The van der Waals surface area contributed by atoms with Gasteiger partial charge in [0.25, 0.3) is 0 Å². The van der Waals surface area contributed by atoms with Crippen LogP contribution in [0, 0.1) is 12.8 Å². The van der Waals surface area contributed by atoms with Crippen molar-refractivity contribution in [2.75, 3.05) is 51.2 Å². The smallest absolute Gasteiger partial charge is 0.227 e. The first-order valence-corrected chi connectivity index (χ1v) is 8.91. The van der Waals surface area contributed by atoms with E-state index in [1.54, 1.807) is 0 Å². The van der Waals surface area contributed by atoms with Crippen LogP contribution in [0.3, 0.4) is 0 Å². The lowest BCUT2D eigenvalue weighted by molar-refractivity contribution is -0.137. The molecule has 5 heteroatoms. The average molecular weight is 336 g/mol. The first-order valence-electron chi connectivity index (χ1n) is 8.53. The maximum Gasteiger partial charge on any atom is 0.227 e. The van der Waals surface area contributed by atoms with Crippen LogP contribution in [-0.4, -0.2) is 62.0 Å². The molecule has 2 aliphatic rings. The topological polar surface area (TPSA) is 26.8 Å². The quantitative estimate of drug-likeness (QED) is 0.831. The molecule has 0 radical (unpaired) electrons. The number of piperazine rings is 1. The normalized spacial score (nSPS) is 23.2. The van der Waals surface area contributed by atoms with Crippen molar-refractivity contribution in [3.8, 4) is 0 Å². The van der Waals surface area contributed by atoms with Crippen LogP contribution in [0.4, 0.5) is 5.69 Å². The van der Waals surface area contributed by atoms with Gasteiger partial charge in [-0.2, -0.15) is 0 Å². The highest BCUT2D eigenvalue weighted by Crippen LogP contribution is 2.26. The number of halogens is 1. The van der Waals surface area contributed by atoms with Crippen molar-refractivity contribution in [3.05, 3.63) is 28.8 Å². The summed E-state index contributed by atoms with van der Waals surface area (Å²) in [5, 5.41) is 0.773. The lowest BCUT2D eigenvalue weighted by Crippen LogP contribution is -2.52. The molecule has 2 saturated heterocycles. The Hall–Kier alpha value is -1.26. The third-order valence-electron chi connectivity index (χ3n) is 5.08. The summed E-state index contributed by atoms with van der Waals surface area (Å²) in [5.74, 6) is 0.534. The number of likely N-dealkylation sites (tertiary alicyclic amines) is 1. The predicted octanol–water partition coefficient (Wildman–Crippen LogP) is 2.64. The number of nitrogens with zero attached hydrogens (tertiary/aromatic N) is 3. The Bertz CT molecular complexity index is 569. The van der Waals surface area contributed by atoms with E-state index in [1.165, 1.54) is 11.3 Å². The van der Waals surface area contributed by atoms with Crippen molar-refractivity contribution in [1.29, 1.82) is 0 Å². The van der Waals surface area contributed by atoms with Gasteiger partial charge in [-0.15, -0.1) is 0 Å². The number of rotatable bonds is 2. The molecule has 0 unspecified atom stereocenters.